The second-order valence-corrected chi connectivity index (χ2v) is 10.5. The highest BCUT2D eigenvalue weighted by Gasteiger charge is 2.28. The summed E-state index contributed by atoms with van der Waals surface area (Å²) in [5.41, 5.74) is 1.26. The number of hydrogen-bond donors (Lipinski definition) is 1. The minimum atomic E-state index is -3.52. The van der Waals surface area contributed by atoms with Crippen molar-refractivity contribution in [1.29, 1.82) is 0 Å². The van der Waals surface area contributed by atoms with Crippen LogP contribution >= 0.6 is 0 Å². The van der Waals surface area contributed by atoms with E-state index in [9.17, 15) is 13.2 Å². The lowest BCUT2D eigenvalue weighted by Gasteiger charge is -2.34. The third-order valence-electron chi connectivity index (χ3n) is 5.72. The summed E-state index contributed by atoms with van der Waals surface area (Å²) in [5.74, 6) is 1.10. The molecular weight excluding hydrogens is 374 g/mol. The van der Waals surface area contributed by atoms with E-state index in [-0.39, 0.29) is 5.91 Å². The second-order valence-electron chi connectivity index (χ2n) is 8.63. The fraction of sp³-hybridized carbons (Fsp3) is 0.667. The summed E-state index contributed by atoms with van der Waals surface area (Å²) >= 11 is 0. The number of benzene rings is 1. The van der Waals surface area contributed by atoms with E-state index >= 15 is 0 Å². The standard InChI is InChI=1S/C21H33N3O3S/c1-16-11-17(2)14-23(13-16)15-21(25)22-19-8-7-18(3)20(12-19)28(26,27)24-9-5-4-6-10-24/h7-8,12,16-17H,4-6,9-11,13-15H2,1-3H3,(H,22,25)/t16-,17-/m1/s1. The quantitative estimate of drug-likeness (QED) is 0.814. The number of anilines is 1. The van der Waals surface area contributed by atoms with Crippen molar-refractivity contribution in [2.45, 2.75) is 51.3 Å². The molecule has 0 aliphatic carbocycles. The van der Waals surface area contributed by atoms with Crippen LogP contribution < -0.4 is 5.32 Å². The van der Waals surface area contributed by atoms with Gasteiger partial charge in [0, 0.05) is 31.9 Å². The molecule has 2 fully saturated rings. The molecule has 2 aliphatic heterocycles. The minimum Gasteiger partial charge on any atom is -0.325 e. The van der Waals surface area contributed by atoms with Gasteiger partial charge in [0.2, 0.25) is 15.9 Å². The van der Waals surface area contributed by atoms with Crippen molar-refractivity contribution in [1.82, 2.24) is 9.21 Å². The highest BCUT2D eigenvalue weighted by molar-refractivity contribution is 7.89. The largest absolute Gasteiger partial charge is 0.325 e. The SMILES string of the molecule is Cc1ccc(NC(=O)CN2C[C@H](C)C[C@@H](C)C2)cc1S(=O)(=O)N1CCCCC1. The number of aryl methyl sites for hydroxylation is 1. The Balaban J connectivity index is 1.69. The van der Waals surface area contributed by atoms with Gasteiger partial charge in [-0.15, -0.1) is 0 Å². The van der Waals surface area contributed by atoms with Gasteiger partial charge in [0.15, 0.2) is 0 Å². The Morgan fingerprint density at radius 2 is 1.75 bits per heavy atom. The maximum Gasteiger partial charge on any atom is 0.243 e. The Morgan fingerprint density at radius 3 is 2.39 bits per heavy atom. The molecule has 2 aliphatic rings. The Morgan fingerprint density at radius 1 is 1.11 bits per heavy atom. The highest BCUT2D eigenvalue weighted by atomic mass is 32.2. The van der Waals surface area contributed by atoms with E-state index in [4.69, 9.17) is 0 Å². The zero-order valence-electron chi connectivity index (χ0n) is 17.3. The van der Waals surface area contributed by atoms with Crippen molar-refractivity contribution in [3.63, 3.8) is 0 Å². The lowest BCUT2D eigenvalue weighted by atomic mass is 9.92. The topological polar surface area (TPSA) is 69.7 Å². The van der Waals surface area contributed by atoms with Crippen LogP contribution in [0.1, 0.15) is 45.1 Å². The van der Waals surface area contributed by atoms with E-state index in [2.05, 4.69) is 24.1 Å². The normalized spacial score (nSPS) is 24.8. The summed E-state index contributed by atoms with van der Waals surface area (Å²) in [6.45, 7) is 9.60. The van der Waals surface area contributed by atoms with Gasteiger partial charge in [-0.25, -0.2) is 8.42 Å². The molecule has 0 radical (unpaired) electrons. The number of sulfonamides is 1. The number of hydrogen-bond acceptors (Lipinski definition) is 4. The van der Waals surface area contributed by atoms with Crippen LogP contribution in [0, 0.1) is 18.8 Å². The smallest absolute Gasteiger partial charge is 0.243 e. The Hall–Kier alpha value is -1.44. The maximum atomic E-state index is 13.0. The molecule has 2 atom stereocenters. The summed E-state index contributed by atoms with van der Waals surface area (Å²) < 4.78 is 27.7. The lowest BCUT2D eigenvalue weighted by Crippen LogP contribution is -2.42. The van der Waals surface area contributed by atoms with Crippen LogP contribution in [0.4, 0.5) is 5.69 Å². The van der Waals surface area contributed by atoms with Gasteiger partial charge in [-0.3, -0.25) is 9.69 Å². The number of carbonyl (C=O) groups is 1. The molecule has 0 aromatic heterocycles. The van der Waals surface area contributed by atoms with E-state index in [0.29, 0.717) is 47.6 Å². The number of rotatable bonds is 5. The summed E-state index contributed by atoms with van der Waals surface area (Å²) in [6.07, 6.45) is 4.09. The van der Waals surface area contributed by atoms with Gasteiger partial charge < -0.3 is 5.32 Å². The first-order chi connectivity index (χ1) is 13.3. The van der Waals surface area contributed by atoms with Gasteiger partial charge in [-0.05, 0) is 55.7 Å². The Labute approximate surface area is 169 Å². The van der Waals surface area contributed by atoms with E-state index < -0.39 is 10.0 Å². The zero-order valence-corrected chi connectivity index (χ0v) is 18.1. The monoisotopic (exact) mass is 407 g/mol. The predicted octanol–water partition coefficient (Wildman–Crippen LogP) is 3.09. The summed E-state index contributed by atoms with van der Waals surface area (Å²) in [6, 6.07) is 5.17. The van der Waals surface area contributed by atoms with Gasteiger partial charge in [-0.2, -0.15) is 4.31 Å². The summed E-state index contributed by atoms with van der Waals surface area (Å²) in [5, 5.41) is 2.90. The molecule has 0 bridgehead atoms. The first-order valence-electron chi connectivity index (χ1n) is 10.4. The maximum absolute atomic E-state index is 13.0. The van der Waals surface area contributed by atoms with Gasteiger partial charge in [0.25, 0.3) is 0 Å². The third-order valence-corrected chi connectivity index (χ3v) is 7.76. The molecule has 6 nitrogen and oxygen atoms in total. The van der Waals surface area contributed by atoms with Crippen molar-refractivity contribution >= 4 is 21.6 Å². The molecule has 3 rings (SSSR count). The molecule has 2 saturated heterocycles. The molecule has 156 valence electrons. The number of likely N-dealkylation sites (tertiary alicyclic amines) is 1. The van der Waals surface area contributed by atoms with Gasteiger partial charge in [0.05, 0.1) is 11.4 Å². The first kappa shape index (κ1) is 21.3. The Kier molecular flexibility index (Phi) is 6.78. The fourth-order valence-electron chi connectivity index (χ4n) is 4.52. The average molecular weight is 408 g/mol. The van der Waals surface area contributed by atoms with Gasteiger partial charge in [-0.1, -0.05) is 26.3 Å². The first-order valence-corrected chi connectivity index (χ1v) is 11.8. The van der Waals surface area contributed by atoms with Gasteiger partial charge in [0.1, 0.15) is 0 Å². The van der Waals surface area contributed by atoms with Crippen LogP contribution in [0.3, 0.4) is 0 Å². The van der Waals surface area contributed by atoms with Crippen LogP contribution in [0.15, 0.2) is 23.1 Å². The molecular formula is C21H33N3O3S. The van der Waals surface area contributed by atoms with Gasteiger partial charge >= 0.3 is 0 Å². The molecule has 0 unspecified atom stereocenters. The molecule has 0 saturated carbocycles. The minimum absolute atomic E-state index is 0.0912. The fourth-order valence-corrected chi connectivity index (χ4v) is 6.29. The molecule has 0 spiro atoms. The van der Waals surface area contributed by atoms with Crippen LogP contribution in [0.25, 0.3) is 0 Å². The summed E-state index contributed by atoms with van der Waals surface area (Å²) in [7, 11) is -3.52. The highest BCUT2D eigenvalue weighted by Crippen LogP contribution is 2.26. The lowest BCUT2D eigenvalue weighted by molar-refractivity contribution is -0.117. The molecule has 1 amide bonds. The molecule has 1 aromatic rings. The van der Waals surface area contributed by atoms with Crippen molar-refractivity contribution < 1.29 is 13.2 Å². The van der Waals surface area contributed by atoms with Crippen LogP contribution in [-0.4, -0.2) is 56.3 Å². The number of amides is 1. The zero-order chi connectivity index (χ0) is 20.3. The van der Waals surface area contributed by atoms with Crippen LogP contribution in [-0.2, 0) is 14.8 Å². The van der Waals surface area contributed by atoms with E-state index in [1.807, 2.05) is 0 Å². The van der Waals surface area contributed by atoms with Crippen molar-refractivity contribution in [2.24, 2.45) is 11.8 Å². The van der Waals surface area contributed by atoms with Crippen LogP contribution in [0.5, 0.6) is 0 Å². The molecule has 28 heavy (non-hydrogen) atoms. The van der Waals surface area contributed by atoms with E-state index in [0.717, 1.165) is 32.4 Å². The predicted molar refractivity (Wildman–Crippen MR) is 112 cm³/mol. The van der Waals surface area contributed by atoms with Crippen molar-refractivity contribution in [3.8, 4) is 0 Å². The molecule has 2 heterocycles. The second kappa shape index (κ2) is 8.93. The number of carbonyl (C=O) groups excluding carboxylic acids is 1. The summed E-state index contributed by atoms with van der Waals surface area (Å²) in [4.78, 5) is 15.0. The Bertz CT molecular complexity index is 793. The molecule has 1 N–H and O–H groups in total. The number of nitrogens with zero attached hydrogens (tertiary/aromatic N) is 2. The average Bonchev–Trinajstić information content (AvgIpc) is 2.63. The third kappa shape index (κ3) is 5.13. The molecule has 7 heteroatoms. The van der Waals surface area contributed by atoms with Crippen molar-refractivity contribution in [2.75, 3.05) is 38.0 Å². The number of nitrogens with one attached hydrogen (secondary N) is 1. The van der Waals surface area contributed by atoms with Crippen molar-refractivity contribution in [3.05, 3.63) is 23.8 Å². The van der Waals surface area contributed by atoms with E-state index in [1.165, 1.54) is 6.42 Å². The van der Waals surface area contributed by atoms with E-state index in [1.54, 1.807) is 29.4 Å². The van der Waals surface area contributed by atoms with Crippen LogP contribution in [0.2, 0.25) is 0 Å². The molecule has 1 aromatic carbocycles. The number of piperidine rings is 2.